The van der Waals surface area contributed by atoms with Crippen LogP contribution in [0, 0.1) is 11.8 Å². The van der Waals surface area contributed by atoms with Crippen molar-refractivity contribution in [3.05, 3.63) is 23.9 Å². The summed E-state index contributed by atoms with van der Waals surface area (Å²) in [5.41, 5.74) is 0.635. The van der Waals surface area contributed by atoms with Gasteiger partial charge in [-0.05, 0) is 24.5 Å². The van der Waals surface area contributed by atoms with E-state index in [0.29, 0.717) is 24.4 Å². The zero-order chi connectivity index (χ0) is 12.1. The molecule has 2 heterocycles. The van der Waals surface area contributed by atoms with Crippen LogP contribution in [0.2, 0.25) is 0 Å². The minimum Gasteiger partial charge on any atom is -0.395 e. The van der Waals surface area contributed by atoms with E-state index >= 15 is 0 Å². The van der Waals surface area contributed by atoms with Crippen LogP contribution in [0.25, 0.3) is 0 Å². The van der Waals surface area contributed by atoms with E-state index in [-0.39, 0.29) is 12.5 Å². The lowest BCUT2D eigenvalue weighted by molar-refractivity contribution is -0.117. The minimum atomic E-state index is 0.0529. The van der Waals surface area contributed by atoms with Crippen molar-refractivity contribution in [2.24, 2.45) is 0 Å². The molecule has 0 aromatic carbocycles. The number of anilines is 1. The zero-order valence-electron chi connectivity index (χ0n) is 9.52. The Kier molecular flexibility index (Phi) is 3.73. The van der Waals surface area contributed by atoms with Gasteiger partial charge in [0, 0.05) is 19.4 Å². The predicted octanol–water partition coefficient (Wildman–Crippen LogP) is 0.942. The molecule has 4 nitrogen and oxygen atoms in total. The third-order valence-corrected chi connectivity index (χ3v) is 2.54. The first kappa shape index (κ1) is 11.6. The highest BCUT2D eigenvalue weighted by Gasteiger charge is 2.22. The summed E-state index contributed by atoms with van der Waals surface area (Å²) in [5.74, 6) is 6.47. The molecule has 0 atom stereocenters. The Morgan fingerprint density at radius 1 is 1.47 bits per heavy atom. The molecule has 17 heavy (non-hydrogen) atoms. The second kappa shape index (κ2) is 5.46. The second-order valence-corrected chi connectivity index (χ2v) is 3.81. The number of hydrogen-bond acceptors (Lipinski definition) is 3. The number of carbonyl (C=O) groups is 1. The monoisotopic (exact) mass is 230 g/mol. The van der Waals surface area contributed by atoms with Crippen molar-refractivity contribution < 1.29 is 9.90 Å². The van der Waals surface area contributed by atoms with Crippen LogP contribution in [0.3, 0.4) is 0 Å². The SMILES string of the molecule is O=C1CCCN1c1cccc(C#CCCO)n1. The van der Waals surface area contributed by atoms with Crippen molar-refractivity contribution in [2.75, 3.05) is 18.1 Å². The molecular formula is C13H14N2O2. The quantitative estimate of drug-likeness (QED) is 0.769. The molecule has 0 saturated carbocycles. The van der Waals surface area contributed by atoms with Gasteiger partial charge in [-0.3, -0.25) is 9.69 Å². The highest BCUT2D eigenvalue weighted by Crippen LogP contribution is 2.18. The van der Waals surface area contributed by atoms with Gasteiger partial charge in [0.25, 0.3) is 0 Å². The summed E-state index contributed by atoms with van der Waals surface area (Å²) in [6, 6.07) is 5.46. The van der Waals surface area contributed by atoms with Gasteiger partial charge < -0.3 is 5.11 Å². The Labute approximate surface area is 100 Å². The second-order valence-electron chi connectivity index (χ2n) is 3.81. The normalized spacial score (nSPS) is 14.6. The van der Waals surface area contributed by atoms with Crippen LogP contribution < -0.4 is 4.90 Å². The van der Waals surface area contributed by atoms with E-state index in [0.717, 1.165) is 13.0 Å². The number of carbonyl (C=O) groups excluding carboxylic acids is 1. The molecule has 1 aromatic rings. The van der Waals surface area contributed by atoms with Gasteiger partial charge >= 0.3 is 0 Å². The van der Waals surface area contributed by atoms with Crippen LogP contribution in [0.1, 0.15) is 25.0 Å². The van der Waals surface area contributed by atoms with Crippen LogP contribution in [0.4, 0.5) is 5.82 Å². The average Bonchev–Trinajstić information content (AvgIpc) is 2.76. The highest BCUT2D eigenvalue weighted by atomic mass is 16.2. The van der Waals surface area contributed by atoms with Gasteiger partial charge in [0.15, 0.2) is 0 Å². The fourth-order valence-electron chi connectivity index (χ4n) is 1.74. The fourth-order valence-corrected chi connectivity index (χ4v) is 1.74. The molecule has 0 aliphatic carbocycles. The van der Waals surface area contributed by atoms with Crippen LogP contribution >= 0.6 is 0 Å². The molecular weight excluding hydrogens is 216 g/mol. The standard InChI is InChI=1S/C13H14N2O2/c16-10-2-1-5-11-6-3-7-12(14-11)15-9-4-8-13(15)17/h3,6-7,16H,2,4,8-10H2. The lowest BCUT2D eigenvalue weighted by Gasteiger charge is -2.13. The number of rotatable bonds is 2. The zero-order valence-corrected chi connectivity index (χ0v) is 9.52. The number of aliphatic hydroxyl groups excluding tert-OH is 1. The van der Waals surface area contributed by atoms with E-state index in [2.05, 4.69) is 16.8 Å². The summed E-state index contributed by atoms with van der Waals surface area (Å²) in [6.45, 7) is 0.788. The Balaban J connectivity index is 2.17. The number of aromatic nitrogens is 1. The van der Waals surface area contributed by atoms with E-state index in [4.69, 9.17) is 5.11 Å². The predicted molar refractivity (Wildman–Crippen MR) is 64.4 cm³/mol. The molecule has 1 amide bonds. The molecule has 4 heteroatoms. The molecule has 0 radical (unpaired) electrons. The first-order valence-corrected chi connectivity index (χ1v) is 5.68. The maximum absolute atomic E-state index is 11.6. The van der Waals surface area contributed by atoms with Crippen molar-refractivity contribution in [1.82, 2.24) is 4.98 Å². The largest absolute Gasteiger partial charge is 0.395 e. The third-order valence-electron chi connectivity index (χ3n) is 2.54. The maximum Gasteiger partial charge on any atom is 0.228 e. The molecule has 88 valence electrons. The van der Waals surface area contributed by atoms with E-state index in [1.165, 1.54) is 0 Å². The fraction of sp³-hybridized carbons (Fsp3) is 0.385. The van der Waals surface area contributed by atoms with Crippen molar-refractivity contribution in [1.29, 1.82) is 0 Å². The van der Waals surface area contributed by atoms with Crippen LogP contribution in [0.5, 0.6) is 0 Å². The van der Waals surface area contributed by atoms with Gasteiger partial charge in [0.05, 0.1) is 6.61 Å². The summed E-state index contributed by atoms with van der Waals surface area (Å²) in [4.78, 5) is 17.6. The Bertz CT molecular complexity index is 474. The summed E-state index contributed by atoms with van der Waals surface area (Å²) < 4.78 is 0. The first-order chi connectivity index (χ1) is 8.31. The molecule has 2 rings (SSSR count). The van der Waals surface area contributed by atoms with Crippen molar-refractivity contribution in [3.8, 4) is 11.8 Å². The summed E-state index contributed by atoms with van der Waals surface area (Å²) in [5, 5.41) is 8.63. The van der Waals surface area contributed by atoms with Crippen LogP contribution in [0.15, 0.2) is 18.2 Å². The van der Waals surface area contributed by atoms with E-state index < -0.39 is 0 Å². The first-order valence-electron chi connectivity index (χ1n) is 5.68. The Morgan fingerprint density at radius 3 is 3.06 bits per heavy atom. The van der Waals surface area contributed by atoms with Gasteiger partial charge in [-0.2, -0.15) is 0 Å². The number of nitrogens with zero attached hydrogens (tertiary/aromatic N) is 2. The Morgan fingerprint density at radius 2 is 2.35 bits per heavy atom. The summed E-state index contributed by atoms with van der Waals surface area (Å²) in [6.07, 6.45) is 1.93. The van der Waals surface area contributed by atoms with E-state index in [9.17, 15) is 4.79 Å². The summed E-state index contributed by atoms with van der Waals surface area (Å²) >= 11 is 0. The molecule has 0 spiro atoms. The van der Waals surface area contributed by atoms with Crippen LogP contribution in [-0.4, -0.2) is 29.1 Å². The van der Waals surface area contributed by atoms with Crippen LogP contribution in [-0.2, 0) is 4.79 Å². The molecule has 1 aliphatic rings. The topological polar surface area (TPSA) is 53.4 Å². The molecule has 1 aromatic heterocycles. The lowest BCUT2D eigenvalue weighted by Crippen LogP contribution is -2.24. The number of amides is 1. The van der Waals surface area contributed by atoms with Crippen molar-refractivity contribution in [3.63, 3.8) is 0 Å². The van der Waals surface area contributed by atoms with E-state index in [1.807, 2.05) is 12.1 Å². The third kappa shape index (κ3) is 2.83. The van der Waals surface area contributed by atoms with E-state index in [1.54, 1.807) is 11.0 Å². The van der Waals surface area contributed by atoms with Gasteiger partial charge in [0.1, 0.15) is 11.5 Å². The smallest absolute Gasteiger partial charge is 0.228 e. The Hall–Kier alpha value is -1.86. The number of hydrogen-bond donors (Lipinski definition) is 1. The van der Waals surface area contributed by atoms with Gasteiger partial charge in [-0.1, -0.05) is 12.0 Å². The number of pyridine rings is 1. The van der Waals surface area contributed by atoms with Gasteiger partial charge in [0.2, 0.25) is 5.91 Å². The lowest BCUT2D eigenvalue weighted by atomic mass is 10.3. The minimum absolute atomic E-state index is 0.0529. The molecule has 1 fully saturated rings. The average molecular weight is 230 g/mol. The molecule has 1 N–H and O–H groups in total. The number of aliphatic hydroxyl groups is 1. The highest BCUT2D eigenvalue weighted by molar-refractivity contribution is 5.94. The molecule has 0 bridgehead atoms. The molecule has 0 unspecified atom stereocenters. The summed E-state index contributed by atoms with van der Waals surface area (Å²) in [7, 11) is 0. The van der Waals surface area contributed by atoms with Crippen molar-refractivity contribution >= 4 is 11.7 Å². The maximum atomic E-state index is 11.6. The van der Waals surface area contributed by atoms with Gasteiger partial charge in [-0.15, -0.1) is 0 Å². The van der Waals surface area contributed by atoms with Gasteiger partial charge in [-0.25, -0.2) is 4.98 Å². The van der Waals surface area contributed by atoms with Crippen molar-refractivity contribution in [2.45, 2.75) is 19.3 Å². The molecule has 1 aliphatic heterocycles. The molecule has 1 saturated heterocycles.